The van der Waals surface area contributed by atoms with Crippen LogP contribution in [0.1, 0.15) is 60.7 Å². The fourth-order valence-corrected chi connectivity index (χ4v) is 3.00. The standard InChI is InChI=1S/C17H23N3O3/c1-12(2)20-10-13(9-18-20)17(21)19-8-4-5-15(19)16-7-6-14(23-16)11-22-3/h6-7,9-10,12,15H,4-5,8,11H2,1-3H3. The van der Waals surface area contributed by atoms with Crippen molar-refractivity contribution in [3.63, 3.8) is 0 Å². The molecule has 0 radical (unpaired) electrons. The molecular formula is C17H23N3O3. The van der Waals surface area contributed by atoms with Crippen LogP contribution in [0.2, 0.25) is 0 Å². The van der Waals surface area contributed by atoms with Gasteiger partial charge in [-0.2, -0.15) is 5.10 Å². The minimum atomic E-state index is -0.00416. The lowest BCUT2D eigenvalue weighted by atomic mass is 10.1. The molecule has 124 valence electrons. The predicted molar refractivity (Wildman–Crippen MR) is 85.0 cm³/mol. The summed E-state index contributed by atoms with van der Waals surface area (Å²) in [6.07, 6.45) is 5.37. The zero-order valence-corrected chi connectivity index (χ0v) is 13.9. The number of aromatic nitrogens is 2. The predicted octanol–water partition coefficient (Wildman–Crippen LogP) is 3.18. The molecule has 6 nitrogen and oxygen atoms in total. The lowest BCUT2D eigenvalue weighted by Gasteiger charge is -2.22. The monoisotopic (exact) mass is 317 g/mol. The first kappa shape index (κ1) is 15.8. The van der Waals surface area contributed by atoms with Crippen LogP contribution in [-0.2, 0) is 11.3 Å². The van der Waals surface area contributed by atoms with E-state index in [-0.39, 0.29) is 18.0 Å². The van der Waals surface area contributed by atoms with E-state index < -0.39 is 0 Å². The Morgan fingerprint density at radius 2 is 2.30 bits per heavy atom. The van der Waals surface area contributed by atoms with Crippen LogP contribution in [0.25, 0.3) is 0 Å². The first-order valence-corrected chi connectivity index (χ1v) is 8.03. The van der Waals surface area contributed by atoms with Gasteiger partial charge < -0.3 is 14.1 Å². The highest BCUT2D eigenvalue weighted by Crippen LogP contribution is 2.34. The van der Waals surface area contributed by atoms with Crippen LogP contribution in [0.15, 0.2) is 28.9 Å². The lowest BCUT2D eigenvalue weighted by Crippen LogP contribution is -2.30. The Kier molecular flexibility index (Phi) is 4.52. The summed E-state index contributed by atoms with van der Waals surface area (Å²) in [4.78, 5) is 14.7. The van der Waals surface area contributed by atoms with E-state index in [1.165, 1.54) is 0 Å². The maximum Gasteiger partial charge on any atom is 0.257 e. The first-order valence-electron chi connectivity index (χ1n) is 8.03. The number of carbonyl (C=O) groups is 1. The molecule has 0 saturated carbocycles. The summed E-state index contributed by atoms with van der Waals surface area (Å²) in [6, 6.07) is 4.10. The van der Waals surface area contributed by atoms with Crippen LogP contribution in [-0.4, -0.2) is 34.2 Å². The fraction of sp³-hybridized carbons (Fsp3) is 0.529. The number of carbonyl (C=O) groups excluding carboxylic acids is 1. The Morgan fingerprint density at radius 1 is 1.48 bits per heavy atom. The van der Waals surface area contributed by atoms with Gasteiger partial charge in [-0.3, -0.25) is 9.48 Å². The fourth-order valence-electron chi connectivity index (χ4n) is 3.00. The zero-order valence-electron chi connectivity index (χ0n) is 13.9. The number of nitrogens with zero attached hydrogens (tertiary/aromatic N) is 3. The van der Waals surface area contributed by atoms with Gasteiger partial charge in [0.15, 0.2) is 0 Å². The molecule has 0 spiro atoms. The molecule has 0 N–H and O–H groups in total. The molecule has 1 aliphatic rings. The average molecular weight is 317 g/mol. The Bertz CT molecular complexity index is 674. The molecule has 3 heterocycles. The molecule has 1 amide bonds. The van der Waals surface area contributed by atoms with E-state index in [2.05, 4.69) is 5.10 Å². The summed E-state index contributed by atoms with van der Waals surface area (Å²) in [6.45, 7) is 5.28. The molecular weight excluding hydrogens is 294 g/mol. The number of likely N-dealkylation sites (tertiary alicyclic amines) is 1. The smallest absolute Gasteiger partial charge is 0.257 e. The van der Waals surface area contributed by atoms with E-state index in [9.17, 15) is 4.79 Å². The molecule has 1 unspecified atom stereocenters. The van der Waals surface area contributed by atoms with Crippen molar-refractivity contribution in [3.8, 4) is 0 Å². The Labute approximate surface area is 136 Å². The van der Waals surface area contributed by atoms with E-state index >= 15 is 0 Å². The summed E-state index contributed by atoms with van der Waals surface area (Å²) in [5.74, 6) is 1.64. The van der Waals surface area contributed by atoms with Gasteiger partial charge >= 0.3 is 0 Å². The second-order valence-corrected chi connectivity index (χ2v) is 6.20. The molecule has 2 aromatic heterocycles. The van der Waals surface area contributed by atoms with Crippen molar-refractivity contribution in [2.75, 3.05) is 13.7 Å². The van der Waals surface area contributed by atoms with Gasteiger partial charge in [-0.05, 0) is 38.8 Å². The second kappa shape index (κ2) is 6.58. The molecule has 3 rings (SSSR count). The van der Waals surface area contributed by atoms with Crippen molar-refractivity contribution >= 4 is 5.91 Å². The van der Waals surface area contributed by atoms with Crippen molar-refractivity contribution in [2.24, 2.45) is 0 Å². The number of ether oxygens (including phenoxy) is 1. The molecule has 0 aliphatic carbocycles. The molecule has 2 aromatic rings. The number of hydrogen-bond donors (Lipinski definition) is 0. The minimum absolute atomic E-state index is 0.00416. The van der Waals surface area contributed by atoms with E-state index in [1.54, 1.807) is 13.3 Å². The summed E-state index contributed by atoms with van der Waals surface area (Å²) in [7, 11) is 1.64. The summed E-state index contributed by atoms with van der Waals surface area (Å²) < 4.78 is 12.7. The molecule has 1 saturated heterocycles. The van der Waals surface area contributed by atoms with Gasteiger partial charge in [0.1, 0.15) is 18.1 Å². The van der Waals surface area contributed by atoms with Crippen LogP contribution >= 0.6 is 0 Å². The van der Waals surface area contributed by atoms with Crippen LogP contribution in [0.4, 0.5) is 0 Å². The minimum Gasteiger partial charge on any atom is -0.461 e. The van der Waals surface area contributed by atoms with Gasteiger partial charge in [0.2, 0.25) is 0 Å². The quantitative estimate of drug-likeness (QED) is 0.850. The van der Waals surface area contributed by atoms with E-state index in [4.69, 9.17) is 9.15 Å². The SMILES string of the molecule is COCc1ccc(C2CCCN2C(=O)c2cnn(C(C)C)c2)o1. The van der Waals surface area contributed by atoms with Gasteiger partial charge in [-0.15, -0.1) is 0 Å². The normalized spacial score (nSPS) is 18.1. The van der Waals surface area contributed by atoms with Crippen LogP contribution in [0, 0.1) is 0 Å². The Balaban J connectivity index is 1.78. The summed E-state index contributed by atoms with van der Waals surface area (Å²) >= 11 is 0. The Morgan fingerprint density at radius 3 is 3.00 bits per heavy atom. The van der Waals surface area contributed by atoms with Crippen molar-refractivity contribution in [1.82, 2.24) is 14.7 Å². The number of methoxy groups -OCH3 is 1. The molecule has 1 aliphatic heterocycles. The van der Waals surface area contributed by atoms with Crippen molar-refractivity contribution in [2.45, 2.75) is 45.4 Å². The molecule has 23 heavy (non-hydrogen) atoms. The van der Waals surface area contributed by atoms with Crippen molar-refractivity contribution < 1.29 is 13.9 Å². The molecule has 0 bridgehead atoms. The summed E-state index contributed by atoms with van der Waals surface area (Å²) in [5.41, 5.74) is 0.634. The van der Waals surface area contributed by atoms with E-state index in [0.29, 0.717) is 12.2 Å². The summed E-state index contributed by atoms with van der Waals surface area (Å²) in [5, 5.41) is 4.26. The van der Waals surface area contributed by atoms with Gasteiger partial charge in [0.05, 0.1) is 17.8 Å². The number of hydrogen-bond acceptors (Lipinski definition) is 4. The van der Waals surface area contributed by atoms with Gasteiger partial charge in [0, 0.05) is 25.9 Å². The zero-order chi connectivity index (χ0) is 16.4. The van der Waals surface area contributed by atoms with Gasteiger partial charge in [-0.25, -0.2) is 0 Å². The molecule has 1 atom stereocenters. The third kappa shape index (κ3) is 3.17. The number of amides is 1. The maximum absolute atomic E-state index is 12.8. The highest BCUT2D eigenvalue weighted by molar-refractivity contribution is 5.94. The van der Waals surface area contributed by atoms with Crippen LogP contribution in [0.3, 0.4) is 0 Å². The maximum atomic E-state index is 12.8. The number of rotatable bonds is 5. The number of furan rings is 1. The topological polar surface area (TPSA) is 60.5 Å². The van der Waals surface area contributed by atoms with Crippen molar-refractivity contribution in [3.05, 3.63) is 41.6 Å². The first-order chi connectivity index (χ1) is 11.1. The average Bonchev–Trinajstić information content (AvgIpc) is 3.26. The van der Waals surface area contributed by atoms with Crippen molar-refractivity contribution in [1.29, 1.82) is 0 Å². The molecule has 6 heteroatoms. The van der Waals surface area contributed by atoms with E-state index in [0.717, 1.165) is 30.9 Å². The molecule has 0 aromatic carbocycles. The van der Waals surface area contributed by atoms with Gasteiger partial charge in [-0.1, -0.05) is 0 Å². The largest absolute Gasteiger partial charge is 0.461 e. The lowest BCUT2D eigenvalue weighted by molar-refractivity contribution is 0.0715. The van der Waals surface area contributed by atoms with Crippen LogP contribution in [0.5, 0.6) is 0 Å². The Hall–Kier alpha value is -2.08. The van der Waals surface area contributed by atoms with Crippen LogP contribution < -0.4 is 0 Å². The highest BCUT2D eigenvalue weighted by Gasteiger charge is 2.33. The van der Waals surface area contributed by atoms with Gasteiger partial charge in [0.25, 0.3) is 5.91 Å². The highest BCUT2D eigenvalue weighted by atomic mass is 16.5. The second-order valence-electron chi connectivity index (χ2n) is 6.20. The third-order valence-corrected chi connectivity index (χ3v) is 4.19. The third-order valence-electron chi connectivity index (χ3n) is 4.19. The van der Waals surface area contributed by atoms with E-state index in [1.807, 2.05) is 41.8 Å². The molecule has 1 fully saturated rings.